The molecule has 0 unspecified atom stereocenters. The molecule has 0 bridgehead atoms. The number of morpholine rings is 1. The molecular formula is C14H17ClN2O3S. The van der Waals surface area contributed by atoms with Crippen molar-refractivity contribution in [1.82, 2.24) is 4.31 Å². The summed E-state index contributed by atoms with van der Waals surface area (Å²) in [5.41, 5.74) is 0.0645. The monoisotopic (exact) mass is 328 g/mol. The van der Waals surface area contributed by atoms with Gasteiger partial charge in [-0.2, -0.15) is 9.57 Å². The van der Waals surface area contributed by atoms with Crippen molar-refractivity contribution in [2.45, 2.75) is 37.4 Å². The van der Waals surface area contributed by atoms with Crippen LogP contribution in [0.5, 0.6) is 0 Å². The maximum Gasteiger partial charge on any atom is 0.244 e. The molecule has 2 rings (SSSR count). The average Bonchev–Trinajstić information content (AvgIpc) is 2.46. The van der Waals surface area contributed by atoms with Gasteiger partial charge in [-0.1, -0.05) is 18.5 Å². The van der Waals surface area contributed by atoms with E-state index in [4.69, 9.17) is 21.6 Å². The molecule has 0 aromatic heterocycles. The molecule has 7 heteroatoms. The standard InChI is InChI=1S/C14H17ClN2O3S/c1-3-13-9-17(8-10(2)20-13)21(18,19)14-5-4-12(15)6-11(14)7-16/h4-6,10,13H,3,8-9H2,1-2H3/t10-,13-/m0/s1. The van der Waals surface area contributed by atoms with E-state index in [1.165, 1.54) is 22.5 Å². The van der Waals surface area contributed by atoms with Gasteiger partial charge in [-0.15, -0.1) is 0 Å². The van der Waals surface area contributed by atoms with Gasteiger partial charge in [-0.25, -0.2) is 8.42 Å². The first-order chi connectivity index (χ1) is 9.88. The number of halogens is 1. The topological polar surface area (TPSA) is 70.4 Å². The summed E-state index contributed by atoms with van der Waals surface area (Å²) in [5, 5.41) is 9.48. The number of benzene rings is 1. The Balaban J connectivity index is 2.40. The molecular weight excluding hydrogens is 312 g/mol. The minimum atomic E-state index is -3.73. The summed E-state index contributed by atoms with van der Waals surface area (Å²) in [5.74, 6) is 0. The highest BCUT2D eigenvalue weighted by Crippen LogP contribution is 2.26. The summed E-state index contributed by atoms with van der Waals surface area (Å²) in [6, 6.07) is 6.14. The van der Waals surface area contributed by atoms with E-state index < -0.39 is 10.0 Å². The van der Waals surface area contributed by atoms with Gasteiger partial charge in [0, 0.05) is 18.1 Å². The molecule has 1 aliphatic rings. The fraction of sp³-hybridized carbons (Fsp3) is 0.500. The van der Waals surface area contributed by atoms with Crippen molar-refractivity contribution in [2.24, 2.45) is 0 Å². The number of hydrogen-bond donors (Lipinski definition) is 0. The molecule has 21 heavy (non-hydrogen) atoms. The van der Waals surface area contributed by atoms with Crippen LogP contribution in [0, 0.1) is 11.3 Å². The summed E-state index contributed by atoms with van der Waals surface area (Å²) < 4.78 is 32.6. The van der Waals surface area contributed by atoms with Gasteiger partial charge >= 0.3 is 0 Å². The third kappa shape index (κ3) is 3.38. The number of rotatable bonds is 3. The largest absolute Gasteiger partial charge is 0.373 e. The molecule has 1 fully saturated rings. The lowest BCUT2D eigenvalue weighted by atomic mass is 10.2. The van der Waals surface area contributed by atoms with Crippen LogP contribution in [0.15, 0.2) is 23.1 Å². The van der Waals surface area contributed by atoms with Crippen molar-refractivity contribution in [3.05, 3.63) is 28.8 Å². The Bertz CT molecular complexity index is 669. The van der Waals surface area contributed by atoms with Crippen LogP contribution in [-0.2, 0) is 14.8 Å². The Labute approximate surface area is 130 Å². The molecule has 0 aliphatic carbocycles. The van der Waals surface area contributed by atoms with Gasteiger partial charge < -0.3 is 4.74 Å². The summed E-state index contributed by atoms with van der Waals surface area (Å²) in [7, 11) is -3.73. The molecule has 2 atom stereocenters. The van der Waals surface area contributed by atoms with E-state index in [0.29, 0.717) is 11.6 Å². The van der Waals surface area contributed by atoms with E-state index >= 15 is 0 Å². The molecule has 0 N–H and O–H groups in total. The van der Waals surface area contributed by atoms with Gasteiger partial charge in [-0.05, 0) is 31.5 Å². The van der Waals surface area contributed by atoms with Crippen molar-refractivity contribution < 1.29 is 13.2 Å². The van der Waals surface area contributed by atoms with Gasteiger partial charge in [0.1, 0.15) is 11.0 Å². The van der Waals surface area contributed by atoms with E-state index in [2.05, 4.69) is 0 Å². The minimum absolute atomic E-state index is 0.00152. The number of sulfonamides is 1. The summed E-state index contributed by atoms with van der Waals surface area (Å²) in [4.78, 5) is -0.00152. The Morgan fingerprint density at radius 1 is 1.48 bits per heavy atom. The number of nitriles is 1. The van der Waals surface area contributed by atoms with Crippen molar-refractivity contribution >= 4 is 21.6 Å². The maximum atomic E-state index is 12.8. The molecule has 0 amide bonds. The molecule has 0 spiro atoms. The Morgan fingerprint density at radius 3 is 2.81 bits per heavy atom. The van der Waals surface area contributed by atoms with Crippen LogP contribution in [0.2, 0.25) is 5.02 Å². The third-order valence-corrected chi connectivity index (χ3v) is 5.55. The third-order valence-electron chi connectivity index (χ3n) is 3.43. The predicted octanol–water partition coefficient (Wildman–Crippen LogP) is 2.40. The van der Waals surface area contributed by atoms with Gasteiger partial charge in [0.05, 0.1) is 17.8 Å². The first-order valence-corrected chi connectivity index (χ1v) is 8.55. The second kappa shape index (κ2) is 6.32. The molecule has 114 valence electrons. The van der Waals surface area contributed by atoms with Crippen molar-refractivity contribution in [1.29, 1.82) is 5.26 Å². The van der Waals surface area contributed by atoms with Crippen molar-refractivity contribution in [3.8, 4) is 6.07 Å². The van der Waals surface area contributed by atoms with E-state index in [1.807, 2.05) is 19.9 Å². The average molecular weight is 329 g/mol. The maximum absolute atomic E-state index is 12.8. The zero-order chi connectivity index (χ0) is 15.6. The fourth-order valence-electron chi connectivity index (χ4n) is 2.38. The molecule has 1 aromatic carbocycles. The summed E-state index contributed by atoms with van der Waals surface area (Å²) >= 11 is 5.82. The highest BCUT2D eigenvalue weighted by molar-refractivity contribution is 7.89. The van der Waals surface area contributed by atoms with E-state index in [0.717, 1.165) is 6.42 Å². The van der Waals surface area contributed by atoms with Gasteiger partial charge in [0.15, 0.2) is 0 Å². The molecule has 1 heterocycles. The number of ether oxygens (including phenoxy) is 1. The highest BCUT2D eigenvalue weighted by Gasteiger charge is 2.34. The molecule has 5 nitrogen and oxygen atoms in total. The SMILES string of the molecule is CC[C@H]1CN(S(=O)(=O)c2ccc(Cl)cc2C#N)C[C@H](C)O1. The zero-order valence-corrected chi connectivity index (χ0v) is 13.5. The number of hydrogen-bond acceptors (Lipinski definition) is 4. The second-order valence-electron chi connectivity index (χ2n) is 5.05. The predicted molar refractivity (Wildman–Crippen MR) is 79.6 cm³/mol. The Morgan fingerprint density at radius 2 is 2.19 bits per heavy atom. The normalized spacial score (nSPS) is 23.7. The van der Waals surface area contributed by atoms with E-state index in [-0.39, 0.29) is 29.2 Å². The van der Waals surface area contributed by atoms with Gasteiger partial charge in [0.25, 0.3) is 0 Å². The molecule has 0 saturated carbocycles. The van der Waals surface area contributed by atoms with E-state index in [9.17, 15) is 8.42 Å². The molecule has 0 radical (unpaired) electrons. The van der Waals surface area contributed by atoms with Crippen molar-refractivity contribution in [3.63, 3.8) is 0 Å². The van der Waals surface area contributed by atoms with Crippen LogP contribution in [0.1, 0.15) is 25.8 Å². The highest BCUT2D eigenvalue weighted by atomic mass is 35.5. The second-order valence-corrected chi connectivity index (χ2v) is 7.39. The van der Waals surface area contributed by atoms with Crippen LogP contribution >= 0.6 is 11.6 Å². The fourth-order valence-corrected chi connectivity index (χ4v) is 4.22. The lowest BCUT2D eigenvalue weighted by molar-refractivity contribution is -0.0547. The Kier molecular flexibility index (Phi) is 4.89. The first-order valence-electron chi connectivity index (χ1n) is 6.73. The van der Waals surface area contributed by atoms with Gasteiger partial charge in [-0.3, -0.25) is 0 Å². The smallest absolute Gasteiger partial charge is 0.244 e. The lowest BCUT2D eigenvalue weighted by Gasteiger charge is -2.35. The van der Waals surface area contributed by atoms with Crippen LogP contribution in [0.25, 0.3) is 0 Å². The van der Waals surface area contributed by atoms with Gasteiger partial charge in [0.2, 0.25) is 10.0 Å². The lowest BCUT2D eigenvalue weighted by Crippen LogP contribution is -2.48. The first kappa shape index (κ1) is 16.2. The molecule has 1 saturated heterocycles. The minimum Gasteiger partial charge on any atom is -0.373 e. The van der Waals surface area contributed by atoms with Crippen LogP contribution < -0.4 is 0 Å². The molecule has 1 aromatic rings. The van der Waals surface area contributed by atoms with E-state index in [1.54, 1.807) is 0 Å². The Hall–Kier alpha value is -1.13. The molecule has 1 aliphatic heterocycles. The zero-order valence-electron chi connectivity index (χ0n) is 11.9. The van der Waals surface area contributed by atoms with Crippen LogP contribution in [0.4, 0.5) is 0 Å². The number of nitrogens with zero attached hydrogens (tertiary/aromatic N) is 2. The quantitative estimate of drug-likeness (QED) is 0.854. The van der Waals surface area contributed by atoms with Crippen LogP contribution in [0.3, 0.4) is 0 Å². The van der Waals surface area contributed by atoms with Crippen molar-refractivity contribution in [2.75, 3.05) is 13.1 Å². The van der Waals surface area contributed by atoms with Crippen LogP contribution in [-0.4, -0.2) is 38.0 Å². The summed E-state index contributed by atoms with van der Waals surface area (Å²) in [6.45, 7) is 4.39. The summed E-state index contributed by atoms with van der Waals surface area (Å²) in [6.07, 6.45) is 0.444.